The minimum atomic E-state index is -1.02. The third-order valence-electron chi connectivity index (χ3n) is 5.96. The SMILES string of the molecule is [2H]C1(C)CC[C@@H](C[C@@H](C#N)NC(=O)[C@H](CC(C)(C)C)NC(=O)c2cc3c(OC)nccc3[nH]2)C(=O)N1. The summed E-state index contributed by atoms with van der Waals surface area (Å²) in [6.45, 7) is 7.48. The maximum Gasteiger partial charge on any atom is 0.268 e. The van der Waals surface area contributed by atoms with Gasteiger partial charge in [0.25, 0.3) is 5.91 Å². The lowest BCUT2D eigenvalue weighted by Gasteiger charge is -2.29. The van der Waals surface area contributed by atoms with Crippen LogP contribution >= 0.6 is 0 Å². The number of nitriles is 1. The Morgan fingerprint density at radius 1 is 1.37 bits per heavy atom. The van der Waals surface area contributed by atoms with Crippen LogP contribution in [-0.2, 0) is 9.59 Å². The summed E-state index contributed by atoms with van der Waals surface area (Å²) in [5, 5.41) is 18.4. The Balaban J connectivity index is 1.72. The van der Waals surface area contributed by atoms with Crippen LogP contribution in [-0.4, -0.2) is 52.9 Å². The molecular weight excluding hydrogens is 448 g/mol. The first-order valence-corrected chi connectivity index (χ1v) is 11.7. The normalized spacial score (nSPS) is 22.3. The molecule has 0 aliphatic carbocycles. The predicted octanol–water partition coefficient (Wildman–Crippen LogP) is 2.42. The topological polar surface area (TPSA) is 149 Å². The van der Waals surface area contributed by atoms with Crippen molar-refractivity contribution >= 4 is 28.6 Å². The van der Waals surface area contributed by atoms with E-state index in [2.05, 4.69) is 32.0 Å². The summed E-state index contributed by atoms with van der Waals surface area (Å²) >= 11 is 0. The third kappa shape index (κ3) is 6.72. The van der Waals surface area contributed by atoms with Crippen molar-refractivity contribution in [2.45, 2.75) is 71.5 Å². The zero-order valence-electron chi connectivity index (χ0n) is 21.8. The fraction of sp³-hybridized carbons (Fsp3) is 0.560. The van der Waals surface area contributed by atoms with E-state index in [1.165, 1.54) is 7.11 Å². The average molecular weight is 484 g/mol. The molecule has 10 nitrogen and oxygen atoms in total. The Morgan fingerprint density at radius 3 is 2.74 bits per heavy atom. The molecule has 0 aromatic carbocycles. The van der Waals surface area contributed by atoms with E-state index < -0.39 is 35.8 Å². The second-order valence-corrected chi connectivity index (χ2v) is 10.2. The van der Waals surface area contributed by atoms with Crippen LogP contribution in [0.5, 0.6) is 5.88 Å². The molecule has 1 aliphatic rings. The molecule has 2 aromatic rings. The van der Waals surface area contributed by atoms with Gasteiger partial charge in [-0.3, -0.25) is 14.4 Å². The van der Waals surface area contributed by atoms with Crippen molar-refractivity contribution in [2.24, 2.45) is 11.3 Å². The van der Waals surface area contributed by atoms with Gasteiger partial charge in [-0.25, -0.2) is 4.98 Å². The second-order valence-electron chi connectivity index (χ2n) is 10.2. The minimum Gasteiger partial charge on any atom is -0.481 e. The van der Waals surface area contributed by atoms with Crippen molar-refractivity contribution in [2.75, 3.05) is 7.11 Å². The highest BCUT2D eigenvalue weighted by molar-refractivity contribution is 6.01. The van der Waals surface area contributed by atoms with Gasteiger partial charge in [0.1, 0.15) is 17.8 Å². The second kappa shape index (κ2) is 10.8. The molecule has 0 saturated carbocycles. The number of carbonyl (C=O) groups is 3. The lowest BCUT2D eigenvalue weighted by molar-refractivity contribution is -0.129. The Hall–Kier alpha value is -3.61. The molecule has 0 bridgehead atoms. The highest BCUT2D eigenvalue weighted by Gasteiger charge is 2.32. The lowest BCUT2D eigenvalue weighted by atomic mass is 9.87. The summed E-state index contributed by atoms with van der Waals surface area (Å²) in [6.07, 6.45) is 2.95. The highest BCUT2D eigenvalue weighted by Crippen LogP contribution is 2.25. The van der Waals surface area contributed by atoms with Crippen LogP contribution in [0.4, 0.5) is 0 Å². The number of nitrogens with one attached hydrogen (secondary N) is 4. The van der Waals surface area contributed by atoms with Gasteiger partial charge in [-0.2, -0.15) is 5.26 Å². The number of aromatic amines is 1. The molecular formula is C25H34N6O4. The van der Waals surface area contributed by atoms with Crippen LogP contribution in [0.3, 0.4) is 0 Å². The molecule has 35 heavy (non-hydrogen) atoms. The summed E-state index contributed by atoms with van der Waals surface area (Å²) < 4.78 is 13.2. The van der Waals surface area contributed by atoms with Crippen molar-refractivity contribution in [3.05, 3.63) is 24.0 Å². The first-order valence-electron chi connectivity index (χ1n) is 12.2. The fourth-order valence-corrected chi connectivity index (χ4v) is 4.19. The Kier molecular flexibility index (Phi) is 7.54. The van der Waals surface area contributed by atoms with Crippen molar-refractivity contribution in [3.8, 4) is 11.9 Å². The molecule has 0 radical (unpaired) electrons. The number of aromatic nitrogens is 2. The molecule has 3 heterocycles. The molecule has 1 saturated heterocycles. The van der Waals surface area contributed by atoms with E-state index in [1.54, 1.807) is 25.3 Å². The molecule has 1 fully saturated rings. The number of H-pyrrole nitrogens is 1. The predicted molar refractivity (Wildman–Crippen MR) is 130 cm³/mol. The zero-order valence-corrected chi connectivity index (χ0v) is 20.8. The number of nitrogens with zero attached hydrogens (tertiary/aromatic N) is 2. The van der Waals surface area contributed by atoms with Gasteiger partial charge < -0.3 is 25.7 Å². The lowest BCUT2D eigenvalue weighted by Crippen LogP contribution is -2.52. The third-order valence-corrected chi connectivity index (χ3v) is 5.96. The Bertz CT molecular complexity index is 1180. The van der Waals surface area contributed by atoms with E-state index in [9.17, 15) is 19.6 Å². The van der Waals surface area contributed by atoms with E-state index in [1.807, 2.05) is 20.8 Å². The molecule has 0 spiro atoms. The maximum atomic E-state index is 13.2. The largest absolute Gasteiger partial charge is 0.481 e. The molecule has 10 heteroatoms. The quantitative estimate of drug-likeness (QED) is 0.453. The molecule has 188 valence electrons. The smallest absolute Gasteiger partial charge is 0.268 e. The van der Waals surface area contributed by atoms with Gasteiger partial charge in [-0.05, 0) is 50.2 Å². The minimum absolute atomic E-state index is 0.134. The summed E-state index contributed by atoms with van der Waals surface area (Å²) in [5.74, 6) is -1.37. The first kappa shape index (κ1) is 24.5. The number of piperidine rings is 1. The average Bonchev–Trinajstić information content (AvgIpc) is 3.23. The number of hydrogen-bond acceptors (Lipinski definition) is 6. The number of hydrogen-bond donors (Lipinski definition) is 4. The van der Waals surface area contributed by atoms with Crippen LogP contribution < -0.4 is 20.7 Å². The number of methoxy groups -OCH3 is 1. The molecule has 2 aromatic heterocycles. The summed E-state index contributed by atoms with van der Waals surface area (Å²) in [5.41, 5.74) is 0.618. The Morgan fingerprint density at radius 2 is 2.11 bits per heavy atom. The van der Waals surface area contributed by atoms with E-state index in [-0.39, 0.29) is 23.4 Å². The molecule has 1 unspecified atom stereocenters. The van der Waals surface area contributed by atoms with Crippen molar-refractivity contribution in [3.63, 3.8) is 0 Å². The van der Waals surface area contributed by atoms with Crippen LogP contribution in [0.2, 0.25) is 0 Å². The monoisotopic (exact) mass is 483 g/mol. The standard InChI is InChI=1S/C25H34N6O4/c1-14-6-7-15(21(32)28-14)10-16(13-26)29-23(34)20(12-25(2,3)4)31-22(33)19-11-17-18(30-19)8-9-27-24(17)35-5/h8-9,11,14-16,20,30H,6-7,10,12H2,1-5H3,(H,28,32)(H,29,34)(H,31,33)/t14?,15-,16-,20-/m0/s1/i14D. The molecule has 4 atom stereocenters. The van der Waals surface area contributed by atoms with Crippen LogP contribution in [0.25, 0.3) is 10.9 Å². The van der Waals surface area contributed by atoms with Crippen LogP contribution in [0.1, 0.15) is 65.2 Å². The molecule has 3 amide bonds. The van der Waals surface area contributed by atoms with Crippen molar-refractivity contribution in [1.82, 2.24) is 25.9 Å². The number of amides is 3. The van der Waals surface area contributed by atoms with Gasteiger partial charge in [0.2, 0.25) is 17.7 Å². The van der Waals surface area contributed by atoms with Gasteiger partial charge in [0, 0.05) is 18.1 Å². The van der Waals surface area contributed by atoms with Gasteiger partial charge >= 0.3 is 0 Å². The maximum absolute atomic E-state index is 13.2. The van der Waals surface area contributed by atoms with Gasteiger partial charge in [0.05, 0.1) is 25.5 Å². The van der Waals surface area contributed by atoms with Gasteiger partial charge in [0.15, 0.2) is 0 Å². The van der Waals surface area contributed by atoms with E-state index in [4.69, 9.17) is 6.11 Å². The van der Waals surface area contributed by atoms with Crippen molar-refractivity contribution < 1.29 is 20.5 Å². The summed E-state index contributed by atoms with van der Waals surface area (Å²) in [4.78, 5) is 45.8. The number of carbonyl (C=O) groups excluding carboxylic acids is 3. The number of ether oxygens (including phenoxy) is 1. The fourth-order valence-electron chi connectivity index (χ4n) is 4.19. The van der Waals surface area contributed by atoms with Crippen LogP contribution in [0, 0.1) is 22.7 Å². The van der Waals surface area contributed by atoms with Crippen molar-refractivity contribution in [1.29, 1.82) is 5.26 Å². The number of fused-ring (bicyclic) bond motifs is 1. The van der Waals surface area contributed by atoms with E-state index in [0.29, 0.717) is 36.0 Å². The molecule has 4 N–H and O–H groups in total. The van der Waals surface area contributed by atoms with E-state index in [0.717, 1.165) is 0 Å². The van der Waals surface area contributed by atoms with Gasteiger partial charge in [-0.15, -0.1) is 0 Å². The Labute approximate surface area is 206 Å². The van der Waals surface area contributed by atoms with E-state index >= 15 is 0 Å². The molecule has 3 rings (SSSR count). The summed E-state index contributed by atoms with van der Waals surface area (Å²) in [6, 6.07) is 2.55. The zero-order chi connectivity index (χ0) is 26.7. The molecule has 1 aliphatic heterocycles. The van der Waals surface area contributed by atoms with Gasteiger partial charge in [-0.1, -0.05) is 20.8 Å². The number of pyridine rings is 1. The highest BCUT2D eigenvalue weighted by atomic mass is 16.5. The van der Waals surface area contributed by atoms with Crippen LogP contribution in [0.15, 0.2) is 18.3 Å². The first-order chi connectivity index (χ1) is 16.8. The summed E-state index contributed by atoms with van der Waals surface area (Å²) in [7, 11) is 1.49. The number of rotatable bonds is 8.